The molecule has 0 radical (unpaired) electrons. The number of oxazole rings is 1. The Balaban J connectivity index is 1.64. The minimum Gasteiger partial charge on any atom is -0.408 e. The highest BCUT2D eigenvalue weighted by atomic mass is 32.2. The Bertz CT molecular complexity index is 1620. The lowest BCUT2D eigenvalue weighted by Gasteiger charge is -2.16. The van der Waals surface area contributed by atoms with Crippen LogP contribution in [0.15, 0.2) is 69.2 Å². The molecule has 0 aliphatic carbocycles. The zero-order chi connectivity index (χ0) is 22.5. The molecule has 2 aromatic carbocycles. The average molecular weight is 471 g/mol. The van der Waals surface area contributed by atoms with Crippen molar-refractivity contribution in [1.82, 2.24) is 18.9 Å². The molecule has 5 aromatic rings. The standard InChI is InChI=1S/C20H14FN5O4S2/c1-11(13-4-2-3-12-5-6-22-9-14(12)13)26-16-7-15(21)18(8-17(16)30-20(26)27)32(28,29)25-19-23-10-24-31-19/h2-11H,1H3,(H,23,24,25)/t11-/m0/s1. The van der Waals surface area contributed by atoms with E-state index in [1.165, 1.54) is 10.9 Å². The van der Waals surface area contributed by atoms with Gasteiger partial charge in [0.15, 0.2) is 5.58 Å². The van der Waals surface area contributed by atoms with Crippen LogP contribution >= 0.6 is 11.5 Å². The molecule has 1 atom stereocenters. The highest BCUT2D eigenvalue weighted by molar-refractivity contribution is 7.93. The Morgan fingerprint density at radius 3 is 2.88 bits per heavy atom. The molecule has 1 N–H and O–H groups in total. The second-order valence-electron chi connectivity index (χ2n) is 6.96. The van der Waals surface area contributed by atoms with Crippen LogP contribution in [0.3, 0.4) is 0 Å². The van der Waals surface area contributed by atoms with Crippen LogP contribution in [0.25, 0.3) is 21.9 Å². The van der Waals surface area contributed by atoms with Crippen LogP contribution in [0.5, 0.6) is 0 Å². The first-order valence-corrected chi connectivity index (χ1v) is 11.6. The van der Waals surface area contributed by atoms with E-state index < -0.39 is 32.5 Å². The zero-order valence-corrected chi connectivity index (χ0v) is 18.0. The smallest absolute Gasteiger partial charge is 0.408 e. The maximum Gasteiger partial charge on any atom is 0.420 e. The van der Waals surface area contributed by atoms with Gasteiger partial charge in [-0.1, -0.05) is 18.2 Å². The predicted octanol–water partition coefficient (Wildman–Crippen LogP) is 3.54. The lowest BCUT2D eigenvalue weighted by Crippen LogP contribution is -2.19. The summed E-state index contributed by atoms with van der Waals surface area (Å²) in [6, 6.07) is 8.91. The summed E-state index contributed by atoms with van der Waals surface area (Å²) in [5.41, 5.74) is 0.866. The summed E-state index contributed by atoms with van der Waals surface area (Å²) in [6.45, 7) is 1.78. The van der Waals surface area contributed by atoms with Crippen molar-refractivity contribution in [1.29, 1.82) is 0 Å². The number of nitrogens with one attached hydrogen (secondary N) is 1. The Kier molecular flexibility index (Phi) is 4.75. The predicted molar refractivity (Wildman–Crippen MR) is 117 cm³/mol. The molecule has 5 rings (SSSR count). The van der Waals surface area contributed by atoms with Gasteiger partial charge in [0, 0.05) is 41.4 Å². The fourth-order valence-corrected chi connectivity index (χ4v) is 5.37. The molecule has 0 fully saturated rings. The van der Waals surface area contributed by atoms with Crippen LogP contribution in [-0.4, -0.2) is 27.3 Å². The van der Waals surface area contributed by atoms with E-state index in [9.17, 15) is 17.6 Å². The van der Waals surface area contributed by atoms with Gasteiger partial charge < -0.3 is 4.42 Å². The van der Waals surface area contributed by atoms with Crippen LogP contribution in [0.4, 0.5) is 9.52 Å². The number of benzene rings is 2. The highest BCUT2D eigenvalue weighted by Crippen LogP contribution is 2.30. The molecule has 32 heavy (non-hydrogen) atoms. The van der Waals surface area contributed by atoms with Crippen LogP contribution in [-0.2, 0) is 10.0 Å². The summed E-state index contributed by atoms with van der Waals surface area (Å²) in [6.07, 6.45) is 4.54. The minimum absolute atomic E-state index is 0.0123. The first-order valence-electron chi connectivity index (χ1n) is 9.32. The van der Waals surface area contributed by atoms with Crippen molar-refractivity contribution in [3.05, 3.63) is 77.1 Å². The van der Waals surface area contributed by atoms with Gasteiger partial charge in [-0.05, 0) is 23.9 Å². The summed E-state index contributed by atoms with van der Waals surface area (Å²) in [5.74, 6) is -1.77. The molecular formula is C20H14FN5O4S2. The van der Waals surface area contributed by atoms with Crippen LogP contribution < -0.4 is 10.5 Å². The lowest BCUT2D eigenvalue weighted by atomic mass is 10.0. The van der Waals surface area contributed by atoms with E-state index in [1.807, 2.05) is 24.3 Å². The van der Waals surface area contributed by atoms with Crippen molar-refractivity contribution in [3.63, 3.8) is 0 Å². The Morgan fingerprint density at radius 1 is 1.25 bits per heavy atom. The number of hydrogen-bond donors (Lipinski definition) is 1. The summed E-state index contributed by atoms with van der Waals surface area (Å²) in [7, 11) is -4.31. The SMILES string of the molecule is C[C@@H](c1cccc2ccncc12)n1c(=O)oc2cc(S(=O)(=O)Nc3ncns3)c(F)cc21. The molecule has 12 heteroatoms. The molecule has 162 valence electrons. The van der Waals surface area contributed by atoms with Gasteiger partial charge >= 0.3 is 5.76 Å². The van der Waals surface area contributed by atoms with Crippen LogP contribution in [0, 0.1) is 5.82 Å². The molecular weight excluding hydrogens is 457 g/mol. The number of pyridine rings is 1. The second-order valence-corrected chi connectivity index (χ2v) is 9.39. The largest absolute Gasteiger partial charge is 0.420 e. The third kappa shape index (κ3) is 3.33. The molecule has 0 saturated heterocycles. The van der Waals surface area contributed by atoms with E-state index in [2.05, 4.69) is 19.1 Å². The third-order valence-corrected chi connectivity index (χ3v) is 7.16. The molecule has 3 aromatic heterocycles. The monoisotopic (exact) mass is 471 g/mol. The van der Waals surface area contributed by atoms with Gasteiger partial charge in [-0.15, -0.1) is 0 Å². The van der Waals surface area contributed by atoms with Crippen LogP contribution in [0.2, 0.25) is 0 Å². The van der Waals surface area contributed by atoms with E-state index in [0.29, 0.717) is 0 Å². The normalized spacial score (nSPS) is 12.9. The number of halogens is 1. The van der Waals surface area contributed by atoms with Crippen molar-refractivity contribution in [2.75, 3.05) is 4.72 Å². The van der Waals surface area contributed by atoms with Crippen molar-refractivity contribution >= 4 is 48.6 Å². The highest BCUT2D eigenvalue weighted by Gasteiger charge is 2.26. The van der Waals surface area contributed by atoms with Gasteiger partial charge in [-0.3, -0.25) is 14.3 Å². The lowest BCUT2D eigenvalue weighted by molar-refractivity contribution is 0.490. The van der Waals surface area contributed by atoms with E-state index >= 15 is 0 Å². The Labute approximate surface area is 184 Å². The molecule has 0 amide bonds. The van der Waals surface area contributed by atoms with Gasteiger partial charge in [0.2, 0.25) is 5.13 Å². The molecule has 0 bridgehead atoms. The maximum atomic E-state index is 14.9. The number of nitrogens with zero attached hydrogens (tertiary/aromatic N) is 4. The van der Waals surface area contributed by atoms with E-state index in [1.54, 1.807) is 19.3 Å². The second kappa shape index (κ2) is 7.50. The number of rotatable bonds is 5. The fourth-order valence-electron chi connectivity index (χ4n) is 3.64. The molecule has 0 aliphatic heterocycles. The average Bonchev–Trinajstić information content (AvgIpc) is 3.38. The molecule has 0 saturated carbocycles. The number of sulfonamides is 1. The van der Waals surface area contributed by atoms with Gasteiger partial charge in [-0.2, -0.15) is 4.37 Å². The van der Waals surface area contributed by atoms with E-state index in [0.717, 1.165) is 40.0 Å². The zero-order valence-electron chi connectivity index (χ0n) is 16.4. The maximum absolute atomic E-state index is 14.9. The first kappa shape index (κ1) is 20.3. The minimum atomic E-state index is -4.31. The van der Waals surface area contributed by atoms with E-state index in [-0.39, 0.29) is 16.2 Å². The van der Waals surface area contributed by atoms with Crippen molar-refractivity contribution in [3.8, 4) is 0 Å². The first-order chi connectivity index (χ1) is 15.3. The molecule has 0 aliphatic rings. The number of hydrogen-bond acceptors (Lipinski definition) is 8. The summed E-state index contributed by atoms with van der Waals surface area (Å²) < 4.78 is 52.6. The van der Waals surface area contributed by atoms with Crippen molar-refractivity contribution in [2.45, 2.75) is 17.9 Å². The summed E-state index contributed by atoms with van der Waals surface area (Å²) in [5, 5.41) is 1.76. The number of anilines is 1. The third-order valence-electron chi connectivity index (χ3n) is 5.09. The van der Waals surface area contributed by atoms with Crippen LogP contribution in [0.1, 0.15) is 18.5 Å². The quantitative estimate of drug-likeness (QED) is 0.416. The van der Waals surface area contributed by atoms with E-state index in [4.69, 9.17) is 4.42 Å². The van der Waals surface area contributed by atoms with Gasteiger partial charge in [0.05, 0.1) is 11.6 Å². The molecule has 9 nitrogen and oxygen atoms in total. The molecule has 0 unspecified atom stereocenters. The van der Waals surface area contributed by atoms with Gasteiger partial charge in [0.1, 0.15) is 17.0 Å². The Hall–Kier alpha value is -3.64. The molecule has 0 spiro atoms. The molecule has 3 heterocycles. The van der Waals surface area contributed by atoms with Crippen molar-refractivity contribution < 1.29 is 17.2 Å². The summed E-state index contributed by atoms with van der Waals surface area (Å²) in [4.78, 5) is 19.9. The number of aromatic nitrogens is 4. The van der Waals surface area contributed by atoms with Gasteiger partial charge in [0.25, 0.3) is 10.0 Å². The summed E-state index contributed by atoms with van der Waals surface area (Å²) >= 11 is 0.806. The number of fused-ring (bicyclic) bond motifs is 2. The van der Waals surface area contributed by atoms with Crippen molar-refractivity contribution in [2.24, 2.45) is 0 Å². The fraction of sp³-hybridized carbons (Fsp3) is 0.100. The topological polar surface area (TPSA) is 120 Å². The Morgan fingerprint density at radius 2 is 2.09 bits per heavy atom. The van der Waals surface area contributed by atoms with Gasteiger partial charge in [-0.25, -0.2) is 22.6 Å².